The molecule has 1 fully saturated rings. The zero-order valence-electron chi connectivity index (χ0n) is 10.2. The number of hydrogen-bond donors (Lipinski definition) is 1. The van der Waals surface area contributed by atoms with Gasteiger partial charge in [0.15, 0.2) is 0 Å². The highest BCUT2D eigenvalue weighted by Crippen LogP contribution is 2.23. The third kappa shape index (κ3) is 3.47. The molecule has 0 radical (unpaired) electrons. The molecule has 0 atom stereocenters. The number of aromatic nitrogens is 2. The van der Waals surface area contributed by atoms with Crippen molar-refractivity contribution in [2.45, 2.75) is 44.6 Å². The van der Waals surface area contributed by atoms with Crippen LogP contribution in [0.4, 0.5) is 5.95 Å². The van der Waals surface area contributed by atoms with Crippen molar-refractivity contribution in [3.8, 4) is 11.8 Å². The highest BCUT2D eigenvalue weighted by molar-refractivity contribution is 5.29. The molecule has 1 saturated carbocycles. The fourth-order valence-electron chi connectivity index (χ4n) is 2.12. The van der Waals surface area contributed by atoms with Crippen molar-refractivity contribution in [2.75, 3.05) is 12.8 Å². The van der Waals surface area contributed by atoms with Gasteiger partial charge in [-0.15, -0.1) is 0 Å². The van der Waals surface area contributed by atoms with Crippen LogP contribution in [0.25, 0.3) is 0 Å². The van der Waals surface area contributed by atoms with E-state index in [9.17, 15) is 0 Å². The molecule has 94 valence electrons. The van der Waals surface area contributed by atoms with Gasteiger partial charge in [-0.2, -0.15) is 9.97 Å². The lowest BCUT2D eigenvalue weighted by atomic mass is 10.1. The largest absolute Gasteiger partial charge is 0.481 e. The van der Waals surface area contributed by atoms with Crippen LogP contribution in [0.1, 0.15) is 38.5 Å². The Kier molecular flexibility index (Phi) is 4.01. The molecule has 0 aromatic carbocycles. The Labute approximate surface area is 101 Å². The smallest absolute Gasteiger partial charge is 0.226 e. The minimum absolute atomic E-state index is 0.188. The van der Waals surface area contributed by atoms with Gasteiger partial charge in [0.25, 0.3) is 0 Å². The number of rotatable bonds is 3. The van der Waals surface area contributed by atoms with E-state index >= 15 is 0 Å². The Hall–Kier alpha value is -1.52. The van der Waals surface area contributed by atoms with Gasteiger partial charge in [-0.25, -0.2) is 0 Å². The average molecular weight is 237 g/mol. The van der Waals surface area contributed by atoms with Crippen LogP contribution in [0.2, 0.25) is 0 Å². The van der Waals surface area contributed by atoms with Crippen LogP contribution in [-0.2, 0) is 0 Å². The molecule has 0 bridgehead atoms. The maximum atomic E-state index is 5.85. The summed E-state index contributed by atoms with van der Waals surface area (Å²) in [6.07, 6.45) is 7.48. The number of nitrogens with zero attached hydrogens (tertiary/aromatic N) is 2. The number of methoxy groups -OCH3 is 1. The van der Waals surface area contributed by atoms with Crippen molar-refractivity contribution in [3.05, 3.63) is 6.07 Å². The molecule has 1 heterocycles. The highest BCUT2D eigenvalue weighted by atomic mass is 16.5. The second kappa shape index (κ2) is 5.70. The Morgan fingerprint density at radius 1 is 1.12 bits per heavy atom. The first-order valence-electron chi connectivity index (χ1n) is 6.13. The average Bonchev–Trinajstić information content (AvgIpc) is 2.57. The second-order valence-electron chi connectivity index (χ2n) is 4.34. The van der Waals surface area contributed by atoms with Gasteiger partial charge < -0.3 is 15.2 Å². The molecule has 1 aromatic rings. The van der Waals surface area contributed by atoms with Crippen LogP contribution in [0, 0.1) is 0 Å². The molecule has 0 saturated heterocycles. The molecule has 1 aromatic heterocycles. The summed E-state index contributed by atoms with van der Waals surface area (Å²) < 4.78 is 10.9. The van der Waals surface area contributed by atoms with Crippen LogP contribution in [0.5, 0.6) is 11.8 Å². The summed E-state index contributed by atoms with van der Waals surface area (Å²) in [5.41, 5.74) is 5.59. The van der Waals surface area contributed by atoms with Gasteiger partial charge in [0.05, 0.1) is 13.2 Å². The summed E-state index contributed by atoms with van der Waals surface area (Å²) in [6, 6.07) is 1.68. The first-order valence-corrected chi connectivity index (χ1v) is 6.13. The summed E-state index contributed by atoms with van der Waals surface area (Å²) in [5.74, 6) is 1.15. The normalized spacial score (nSPS) is 17.5. The predicted molar refractivity (Wildman–Crippen MR) is 65.1 cm³/mol. The summed E-state index contributed by atoms with van der Waals surface area (Å²) in [6.45, 7) is 0. The molecule has 2 rings (SSSR count). The molecule has 0 spiro atoms. The zero-order chi connectivity index (χ0) is 12.1. The lowest BCUT2D eigenvalue weighted by Gasteiger charge is -2.16. The third-order valence-electron chi connectivity index (χ3n) is 3.00. The molecule has 1 aliphatic rings. The van der Waals surface area contributed by atoms with Crippen LogP contribution in [-0.4, -0.2) is 23.2 Å². The summed E-state index contributed by atoms with van der Waals surface area (Å²) in [7, 11) is 1.55. The van der Waals surface area contributed by atoms with Gasteiger partial charge in [0.2, 0.25) is 17.7 Å². The summed E-state index contributed by atoms with van der Waals surface area (Å²) >= 11 is 0. The Morgan fingerprint density at radius 3 is 2.41 bits per heavy atom. The monoisotopic (exact) mass is 237 g/mol. The molecule has 5 heteroatoms. The highest BCUT2D eigenvalue weighted by Gasteiger charge is 2.15. The molecule has 0 aliphatic heterocycles. The van der Waals surface area contributed by atoms with E-state index in [1.165, 1.54) is 25.7 Å². The minimum atomic E-state index is 0.188. The molecule has 0 unspecified atom stereocenters. The first-order chi connectivity index (χ1) is 8.28. The van der Waals surface area contributed by atoms with Crippen LogP contribution >= 0.6 is 0 Å². The third-order valence-corrected chi connectivity index (χ3v) is 3.00. The molecule has 1 aliphatic carbocycles. The van der Waals surface area contributed by atoms with Gasteiger partial charge >= 0.3 is 0 Å². The van der Waals surface area contributed by atoms with Crippen molar-refractivity contribution in [2.24, 2.45) is 0 Å². The predicted octanol–water partition coefficient (Wildman–Crippen LogP) is 2.17. The van der Waals surface area contributed by atoms with Crippen molar-refractivity contribution < 1.29 is 9.47 Å². The molecular weight excluding hydrogens is 218 g/mol. The SMILES string of the molecule is COc1cc(OC2CCCCCC2)nc(N)n1. The van der Waals surface area contributed by atoms with E-state index in [2.05, 4.69) is 9.97 Å². The molecule has 5 nitrogen and oxygen atoms in total. The maximum Gasteiger partial charge on any atom is 0.226 e. The Bertz CT molecular complexity index is 363. The van der Waals surface area contributed by atoms with E-state index in [-0.39, 0.29) is 12.1 Å². The number of nitrogens with two attached hydrogens (primary N) is 1. The van der Waals surface area contributed by atoms with Crippen LogP contribution in [0.15, 0.2) is 6.07 Å². The van der Waals surface area contributed by atoms with Crippen molar-refractivity contribution in [1.29, 1.82) is 0 Å². The number of nitrogen functional groups attached to an aromatic ring is 1. The molecular formula is C12H19N3O2. The topological polar surface area (TPSA) is 70.3 Å². The van der Waals surface area contributed by atoms with Crippen LogP contribution < -0.4 is 15.2 Å². The molecule has 2 N–H and O–H groups in total. The summed E-state index contributed by atoms with van der Waals surface area (Å²) in [5, 5.41) is 0. The van der Waals surface area contributed by atoms with Crippen LogP contribution in [0.3, 0.4) is 0 Å². The van der Waals surface area contributed by atoms with Crippen molar-refractivity contribution in [1.82, 2.24) is 9.97 Å². The second-order valence-corrected chi connectivity index (χ2v) is 4.34. The van der Waals surface area contributed by atoms with Gasteiger partial charge in [0.1, 0.15) is 6.10 Å². The number of hydrogen-bond acceptors (Lipinski definition) is 5. The molecule has 0 amide bonds. The van der Waals surface area contributed by atoms with Crippen molar-refractivity contribution in [3.63, 3.8) is 0 Å². The fourth-order valence-corrected chi connectivity index (χ4v) is 2.12. The van der Waals surface area contributed by atoms with E-state index in [0.717, 1.165) is 12.8 Å². The van der Waals surface area contributed by atoms with E-state index in [4.69, 9.17) is 15.2 Å². The van der Waals surface area contributed by atoms with Crippen molar-refractivity contribution >= 4 is 5.95 Å². The lowest BCUT2D eigenvalue weighted by molar-refractivity contribution is 0.175. The number of ether oxygens (including phenoxy) is 2. The fraction of sp³-hybridized carbons (Fsp3) is 0.667. The maximum absolute atomic E-state index is 5.85. The molecule has 17 heavy (non-hydrogen) atoms. The summed E-state index contributed by atoms with van der Waals surface area (Å²) in [4.78, 5) is 8.00. The number of anilines is 1. The Morgan fingerprint density at radius 2 is 1.76 bits per heavy atom. The van der Waals surface area contributed by atoms with Gasteiger partial charge in [-0.05, 0) is 25.7 Å². The van der Waals surface area contributed by atoms with Gasteiger partial charge in [0, 0.05) is 0 Å². The standard InChI is InChI=1S/C12H19N3O2/c1-16-10-8-11(15-12(13)14-10)17-9-6-4-2-3-5-7-9/h8-9H,2-7H2,1H3,(H2,13,14,15). The quantitative estimate of drug-likeness (QED) is 0.816. The van der Waals surface area contributed by atoms with E-state index in [1.807, 2.05) is 0 Å². The lowest BCUT2D eigenvalue weighted by Crippen LogP contribution is -2.16. The zero-order valence-corrected chi connectivity index (χ0v) is 10.2. The van der Waals surface area contributed by atoms with E-state index in [1.54, 1.807) is 13.2 Å². The minimum Gasteiger partial charge on any atom is -0.481 e. The van der Waals surface area contributed by atoms with Gasteiger partial charge in [-0.1, -0.05) is 12.8 Å². The first kappa shape index (κ1) is 12.0. The van der Waals surface area contributed by atoms with E-state index < -0.39 is 0 Å². The van der Waals surface area contributed by atoms with Gasteiger partial charge in [-0.3, -0.25) is 0 Å². The Balaban J connectivity index is 2.03. The van der Waals surface area contributed by atoms with E-state index in [0.29, 0.717) is 11.8 Å².